The largest absolute Gasteiger partial charge is 0.504 e. The van der Waals surface area contributed by atoms with Gasteiger partial charge in [0.25, 0.3) is 0 Å². The van der Waals surface area contributed by atoms with Gasteiger partial charge in [-0.15, -0.1) is 0 Å². The van der Waals surface area contributed by atoms with Crippen LogP contribution in [0.15, 0.2) is 24.3 Å². The minimum absolute atomic E-state index is 0.0242. The summed E-state index contributed by atoms with van der Waals surface area (Å²) in [5.41, 5.74) is 0.302. The summed E-state index contributed by atoms with van der Waals surface area (Å²) in [4.78, 5) is 24.7. The molecule has 1 aliphatic carbocycles. The summed E-state index contributed by atoms with van der Waals surface area (Å²) in [7, 11) is 0. The Labute approximate surface area is 123 Å². The normalized spacial score (nSPS) is 13.1. The van der Waals surface area contributed by atoms with E-state index in [4.69, 9.17) is 23.2 Å². The van der Waals surface area contributed by atoms with Crippen LogP contribution in [0.5, 0.6) is 11.5 Å². The van der Waals surface area contributed by atoms with Gasteiger partial charge in [0.1, 0.15) is 0 Å². The first kappa shape index (κ1) is 13.0. The number of ketones is 2. The molecule has 0 radical (unpaired) electrons. The Bertz CT molecular complexity index is 667. The van der Waals surface area contributed by atoms with Crippen molar-refractivity contribution in [1.82, 2.24) is 0 Å². The van der Waals surface area contributed by atoms with Crippen LogP contribution < -0.4 is 0 Å². The van der Waals surface area contributed by atoms with Gasteiger partial charge in [0.2, 0.25) is 0 Å². The van der Waals surface area contributed by atoms with E-state index in [2.05, 4.69) is 0 Å². The Morgan fingerprint density at radius 1 is 0.650 bits per heavy atom. The maximum absolute atomic E-state index is 12.3. The summed E-state index contributed by atoms with van der Waals surface area (Å²) in [5, 5.41) is 19.3. The van der Waals surface area contributed by atoms with E-state index in [9.17, 15) is 19.8 Å². The third-order valence-corrected chi connectivity index (χ3v) is 3.88. The molecule has 0 amide bonds. The predicted octanol–water partition coefficient (Wildman–Crippen LogP) is 3.18. The van der Waals surface area contributed by atoms with Crippen molar-refractivity contribution in [3.05, 3.63) is 56.6 Å². The first-order valence-corrected chi connectivity index (χ1v) is 6.30. The van der Waals surface area contributed by atoms with Gasteiger partial charge in [0, 0.05) is 22.3 Å². The van der Waals surface area contributed by atoms with Gasteiger partial charge in [-0.2, -0.15) is 0 Å². The van der Waals surface area contributed by atoms with E-state index in [1.54, 1.807) is 0 Å². The first-order valence-electron chi connectivity index (χ1n) is 5.54. The van der Waals surface area contributed by atoms with Crippen LogP contribution in [-0.2, 0) is 0 Å². The van der Waals surface area contributed by atoms with Crippen molar-refractivity contribution in [2.75, 3.05) is 0 Å². The van der Waals surface area contributed by atoms with Gasteiger partial charge in [0.05, 0.1) is 10.0 Å². The summed E-state index contributed by atoms with van der Waals surface area (Å²) in [6.45, 7) is 0. The molecule has 2 aromatic rings. The second-order valence-corrected chi connectivity index (χ2v) is 5.17. The zero-order chi connectivity index (χ0) is 14.6. The summed E-state index contributed by atoms with van der Waals surface area (Å²) >= 11 is 11.7. The highest BCUT2D eigenvalue weighted by atomic mass is 35.5. The summed E-state index contributed by atoms with van der Waals surface area (Å²) < 4.78 is 0. The molecule has 0 heterocycles. The quantitative estimate of drug-likeness (QED) is 0.625. The number of phenolic OH excluding ortho intramolecular Hbond substituents is 2. The second-order valence-electron chi connectivity index (χ2n) is 4.36. The molecule has 0 saturated carbocycles. The molecule has 6 heteroatoms. The number of benzene rings is 2. The number of halogens is 2. The average molecular weight is 309 g/mol. The van der Waals surface area contributed by atoms with Crippen LogP contribution in [0, 0.1) is 0 Å². The van der Waals surface area contributed by atoms with E-state index in [-0.39, 0.29) is 32.3 Å². The molecule has 0 unspecified atom stereocenters. The van der Waals surface area contributed by atoms with E-state index in [0.29, 0.717) is 0 Å². The highest BCUT2D eigenvalue weighted by molar-refractivity contribution is 6.43. The maximum Gasteiger partial charge on any atom is 0.194 e. The molecular formula is C14H6Cl2O4. The second kappa shape index (κ2) is 4.23. The van der Waals surface area contributed by atoms with Crippen LogP contribution in [0.25, 0.3) is 0 Å². The first-order chi connectivity index (χ1) is 9.40. The summed E-state index contributed by atoms with van der Waals surface area (Å²) in [6.07, 6.45) is 0. The molecule has 4 nitrogen and oxygen atoms in total. The zero-order valence-electron chi connectivity index (χ0n) is 9.78. The van der Waals surface area contributed by atoms with Gasteiger partial charge in [-0.05, 0) is 24.3 Å². The van der Waals surface area contributed by atoms with Gasteiger partial charge in [-0.3, -0.25) is 9.59 Å². The summed E-state index contributed by atoms with van der Waals surface area (Å²) in [5.74, 6) is -1.84. The van der Waals surface area contributed by atoms with Crippen molar-refractivity contribution in [2.45, 2.75) is 0 Å². The topological polar surface area (TPSA) is 74.6 Å². The maximum atomic E-state index is 12.3. The third-order valence-electron chi connectivity index (χ3n) is 3.15. The van der Waals surface area contributed by atoms with E-state index < -0.39 is 23.1 Å². The molecule has 0 saturated heterocycles. The van der Waals surface area contributed by atoms with E-state index >= 15 is 0 Å². The van der Waals surface area contributed by atoms with Gasteiger partial charge in [-0.1, -0.05) is 23.2 Å². The molecule has 0 atom stereocenters. The molecule has 2 N–H and O–H groups in total. The van der Waals surface area contributed by atoms with Crippen molar-refractivity contribution >= 4 is 34.8 Å². The molecule has 3 rings (SSSR count). The fourth-order valence-corrected chi connectivity index (χ4v) is 2.49. The van der Waals surface area contributed by atoms with Crippen LogP contribution in [0.1, 0.15) is 31.8 Å². The molecule has 1 aliphatic rings. The SMILES string of the molecule is O=C1c2cc(O)c(O)cc2C(=O)c2cc(Cl)c(Cl)cc21. The van der Waals surface area contributed by atoms with Crippen LogP contribution in [0.3, 0.4) is 0 Å². The van der Waals surface area contributed by atoms with E-state index in [1.807, 2.05) is 0 Å². The number of hydrogen-bond acceptors (Lipinski definition) is 4. The van der Waals surface area contributed by atoms with Crippen molar-refractivity contribution in [3.63, 3.8) is 0 Å². The van der Waals surface area contributed by atoms with Crippen molar-refractivity contribution in [2.24, 2.45) is 0 Å². The molecule has 20 heavy (non-hydrogen) atoms. The molecule has 0 aliphatic heterocycles. The lowest BCUT2D eigenvalue weighted by molar-refractivity contribution is 0.0978. The molecule has 100 valence electrons. The lowest BCUT2D eigenvalue weighted by atomic mass is 9.84. The van der Waals surface area contributed by atoms with E-state index in [0.717, 1.165) is 12.1 Å². The zero-order valence-corrected chi connectivity index (χ0v) is 11.3. The Balaban J connectivity index is 2.33. The fourth-order valence-electron chi connectivity index (χ4n) is 2.17. The fraction of sp³-hybridized carbons (Fsp3) is 0. The highest BCUT2D eigenvalue weighted by Crippen LogP contribution is 2.37. The number of phenols is 2. The van der Waals surface area contributed by atoms with Gasteiger partial charge in [0.15, 0.2) is 23.1 Å². The molecule has 0 spiro atoms. The molecular weight excluding hydrogens is 303 g/mol. The Morgan fingerprint density at radius 3 is 1.30 bits per heavy atom. The molecule has 0 aromatic heterocycles. The summed E-state index contributed by atoms with van der Waals surface area (Å²) in [6, 6.07) is 4.78. The molecule has 2 aromatic carbocycles. The monoisotopic (exact) mass is 308 g/mol. The number of carbonyl (C=O) groups excluding carboxylic acids is 2. The number of aromatic hydroxyl groups is 2. The van der Waals surface area contributed by atoms with Gasteiger partial charge in [-0.25, -0.2) is 0 Å². The predicted molar refractivity (Wildman–Crippen MR) is 73.1 cm³/mol. The van der Waals surface area contributed by atoms with Crippen molar-refractivity contribution < 1.29 is 19.8 Å². The average Bonchev–Trinajstić information content (AvgIpc) is 2.41. The van der Waals surface area contributed by atoms with Crippen molar-refractivity contribution in [3.8, 4) is 11.5 Å². The minimum Gasteiger partial charge on any atom is -0.504 e. The van der Waals surface area contributed by atoms with Crippen LogP contribution >= 0.6 is 23.2 Å². The Morgan fingerprint density at radius 2 is 0.950 bits per heavy atom. The van der Waals surface area contributed by atoms with Gasteiger partial charge < -0.3 is 10.2 Å². The molecule has 0 bridgehead atoms. The highest BCUT2D eigenvalue weighted by Gasteiger charge is 2.31. The molecule has 0 fully saturated rings. The van der Waals surface area contributed by atoms with E-state index in [1.165, 1.54) is 12.1 Å². The van der Waals surface area contributed by atoms with Crippen molar-refractivity contribution in [1.29, 1.82) is 0 Å². The Kier molecular flexibility index (Phi) is 2.74. The number of carbonyl (C=O) groups is 2. The van der Waals surface area contributed by atoms with Crippen LogP contribution in [0.2, 0.25) is 10.0 Å². The lowest BCUT2D eigenvalue weighted by Gasteiger charge is -2.18. The third kappa shape index (κ3) is 1.69. The Hall–Kier alpha value is -2.04. The van der Waals surface area contributed by atoms with Crippen LogP contribution in [-0.4, -0.2) is 21.8 Å². The lowest BCUT2D eigenvalue weighted by Crippen LogP contribution is -2.20. The number of hydrogen-bond donors (Lipinski definition) is 2. The number of fused-ring (bicyclic) bond motifs is 2. The minimum atomic E-state index is -0.464. The standard InChI is InChI=1S/C14H6Cl2O4/c15-9-1-5-6(2-10(9)16)14(20)8-4-12(18)11(17)3-7(8)13(5)19/h1-4,17-18H. The van der Waals surface area contributed by atoms with Gasteiger partial charge >= 0.3 is 0 Å². The van der Waals surface area contributed by atoms with Crippen LogP contribution in [0.4, 0.5) is 0 Å². The number of rotatable bonds is 0. The smallest absolute Gasteiger partial charge is 0.194 e.